The molecule has 0 heterocycles. The molecular formula is C17H16F4N2O4S. The Balaban J connectivity index is 1.89. The molecular weight excluding hydrogens is 404 g/mol. The third-order valence-electron chi connectivity index (χ3n) is 3.41. The summed E-state index contributed by atoms with van der Waals surface area (Å²) in [6, 6.07) is 7.82. The Morgan fingerprint density at radius 1 is 1.11 bits per heavy atom. The van der Waals surface area contributed by atoms with E-state index in [0.717, 1.165) is 24.3 Å². The smallest absolute Gasteiger partial charge is 0.406 e. The van der Waals surface area contributed by atoms with Crippen LogP contribution in [0.15, 0.2) is 47.4 Å². The van der Waals surface area contributed by atoms with Crippen LogP contribution in [-0.4, -0.2) is 27.2 Å². The maximum Gasteiger partial charge on any atom is 0.573 e. The molecule has 2 rings (SSSR count). The molecule has 0 aliphatic heterocycles. The molecule has 0 atom stereocenters. The lowest BCUT2D eigenvalue weighted by Crippen LogP contribution is -2.28. The molecule has 152 valence electrons. The van der Waals surface area contributed by atoms with Crippen LogP contribution < -0.4 is 14.8 Å². The van der Waals surface area contributed by atoms with Crippen molar-refractivity contribution in [2.75, 3.05) is 11.9 Å². The van der Waals surface area contributed by atoms with Crippen molar-refractivity contribution in [2.45, 2.75) is 24.6 Å². The maximum atomic E-state index is 13.7. The number of anilines is 1. The van der Waals surface area contributed by atoms with Crippen molar-refractivity contribution in [3.63, 3.8) is 0 Å². The van der Waals surface area contributed by atoms with Gasteiger partial charge in [-0.05, 0) is 48.9 Å². The molecule has 0 saturated heterocycles. The van der Waals surface area contributed by atoms with Crippen molar-refractivity contribution < 1.29 is 35.5 Å². The Labute approximate surface area is 158 Å². The summed E-state index contributed by atoms with van der Waals surface area (Å²) in [5.41, 5.74) is 0.647. The predicted octanol–water partition coefficient (Wildman–Crippen LogP) is 3.34. The molecule has 0 aromatic heterocycles. The van der Waals surface area contributed by atoms with Gasteiger partial charge in [0.25, 0.3) is 0 Å². The average Bonchev–Trinajstić information content (AvgIpc) is 2.56. The van der Waals surface area contributed by atoms with Gasteiger partial charge in [0.15, 0.2) is 0 Å². The Bertz CT molecular complexity index is 945. The van der Waals surface area contributed by atoms with Crippen LogP contribution in [-0.2, 0) is 14.8 Å². The summed E-state index contributed by atoms with van der Waals surface area (Å²) in [5, 5.41) is 2.32. The van der Waals surface area contributed by atoms with Gasteiger partial charge in [0.1, 0.15) is 11.6 Å². The Morgan fingerprint density at radius 2 is 1.75 bits per heavy atom. The molecule has 0 radical (unpaired) electrons. The fourth-order valence-corrected chi connectivity index (χ4v) is 3.17. The number of benzene rings is 2. The Hall–Kier alpha value is -2.66. The van der Waals surface area contributed by atoms with Gasteiger partial charge in [0.05, 0.1) is 10.6 Å². The van der Waals surface area contributed by atoms with Crippen molar-refractivity contribution in [1.29, 1.82) is 0 Å². The highest BCUT2D eigenvalue weighted by molar-refractivity contribution is 7.89. The lowest BCUT2D eigenvalue weighted by Gasteiger charge is -2.10. The predicted molar refractivity (Wildman–Crippen MR) is 92.7 cm³/mol. The van der Waals surface area contributed by atoms with Gasteiger partial charge in [-0.2, -0.15) is 0 Å². The van der Waals surface area contributed by atoms with Gasteiger partial charge in [-0.15, -0.1) is 13.2 Å². The molecule has 2 aromatic rings. The molecule has 6 nitrogen and oxygen atoms in total. The minimum atomic E-state index is -4.89. The number of amides is 1. The maximum absolute atomic E-state index is 13.7. The van der Waals surface area contributed by atoms with Gasteiger partial charge >= 0.3 is 6.36 Å². The van der Waals surface area contributed by atoms with E-state index in [1.165, 1.54) is 12.1 Å². The topological polar surface area (TPSA) is 84.5 Å². The van der Waals surface area contributed by atoms with Crippen LogP contribution in [0, 0.1) is 12.7 Å². The van der Waals surface area contributed by atoms with Crippen LogP contribution in [0.25, 0.3) is 0 Å². The second kappa shape index (κ2) is 8.57. The summed E-state index contributed by atoms with van der Waals surface area (Å²) in [4.78, 5) is 11.5. The van der Waals surface area contributed by atoms with Gasteiger partial charge in [-0.3, -0.25) is 4.79 Å². The van der Waals surface area contributed by atoms with Crippen molar-refractivity contribution in [3.8, 4) is 5.75 Å². The number of rotatable bonds is 7. The zero-order valence-electron chi connectivity index (χ0n) is 14.5. The number of carbonyl (C=O) groups excluding carboxylic acids is 1. The van der Waals surface area contributed by atoms with Crippen molar-refractivity contribution in [2.24, 2.45) is 0 Å². The quantitative estimate of drug-likeness (QED) is 0.673. The second-order valence-electron chi connectivity index (χ2n) is 5.70. The van der Waals surface area contributed by atoms with Crippen LogP contribution in [0.5, 0.6) is 5.75 Å². The summed E-state index contributed by atoms with van der Waals surface area (Å²) in [7, 11) is -4.04. The molecule has 11 heteroatoms. The number of ether oxygens (including phenoxy) is 1. The Morgan fingerprint density at radius 3 is 2.32 bits per heavy atom. The van der Waals surface area contributed by atoms with Crippen molar-refractivity contribution in [3.05, 3.63) is 53.8 Å². The first-order valence-electron chi connectivity index (χ1n) is 7.88. The normalized spacial score (nSPS) is 11.9. The minimum absolute atomic E-state index is 0.0290. The molecule has 2 N–H and O–H groups in total. The van der Waals surface area contributed by atoms with Gasteiger partial charge in [0, 0.05) is 13.0 Å². The van der Waals surface area contributed by atoms with Crippen LogP contribution in [0.4, 0.5) is 23.2 Å². The van der Waals surface area contributed by atoms with E-state index in [1.807, 2.05) is 0 Å². The summed E-state index contributed by atoms with van der Waals surface area (Å²) in [6.07, 6.45) is -5.16. The van der Waals surface area contributed by atoms with Crippen LogP contribution in [0.1, 0.15) is 12.0 Å². The molecule has 0 unspecified atom stereocenters. The first-order chi connectivity index (χ1) is 13.0. The van der Waals surface area contributed by atoms with Gasteiger partial charge in [-0.25, -0.2) is 17.5 Å². The fourth-order valence-electron chi connectivity index (χ4n) is 2.14. The van der Waals surface area contributed by atoms with E-state index in [0.29, 0.717) is 5.56 Å². The second-order valence-corrected chi connectivity index (χ2v) is 7.47. The molecule has 0 spiro atoms. The van der Waals surface area contributed by atoms with E-state index in [1.54, 1.807) is 13.0 Å². The molecule has 0 fully saturated rings. The molecule has 1 amide bonds. The number of halogens is 4. The molecule has 0 aliphatic carbocycles. The number of nitrogens with one attached hydrogen (secondary N) is 2. The highest BCUT2D eigenvalue weighted by Crippen LogP contribution is 2.23. The monoisotopic (exact) mass is 420 g/mol. The minimum Gasteiger partial charge on any atom is -0.406 e. The summed E-state index contributed by atoms with van der Waals surface area (Å²) in [6.45, 7) is 1.40. The highest BCUT2D eigenvalue weighted by Gasteiger charge is 2.31. The molecule has 0 bridgehead atoms. The zero-order chi connectivity index (χ0) is 20.9. The number of carbonyl (C=O) groups is 1. The van der Waals surface area contributed by atoms with Gasteiger partial charge in [-0.1, -0.05) is 6.07 Å². The van der Waals surface area contributed by atoms with Crippen LogP contribution >= 0.6 is 0 Å². The van der Waals surface area contributed by atoms with E-state index in [9.17, 15) is 30.8 Å². The fraction of sp³-hybridized carbons (Fsp3) is 0.235. The largest absolute Gasteiger partial charge is 0.573 e. The van der Waals surface area contributed by atoms with Crippen LogP contribution in [0.3, 0.4) is 0 Å². The van der Waals surface area contributed by atoms with E-state index in [-0.39, 0.29) is 23.5 Å². The lowest BCUT2D eigenvalue weighted by molar-refractivity contribution is -0.274. The summed E-state index contributed by atoms with van der Waals surface area (Å²) in [5.74, 6) is -1.79. The van der Waals surface area contributed by atoms with Gasteiger partial charge in [0.2, 0.25) is 15.9 Å². The van der Waals surface area contributed by atoms with Crippen LogP contribution in [0.2, 0.25) is 0 Å². The highest BCUT2D eigenvalue weighted by atomic mass is 32.2. The first-order valence-corrected chi connectivity index (χ1v) is 9.36. The average molecular weight is 420 g/mol. The first kappa shape index (κ1) is 21.6. The third kappa shape index (κ3) is 6.50. The summed E-state index contributed by atoms with van der Waals surface area (Å²) < 4.78 is 80.0. The van der Waals surface area contributed by atoms with E-state index in [2.05, 4.69) is 14.8 Å². The van der Waals surface area contributed by atoms with Crippen molar-refractivity contribution >= 4 is 21.6 Å². The van der Waals surface area contributed by atoms with E-state index in [4.69, 9.17) is 0 Å². The number of sulfonamides is 1. The number of hydrogen-bond donors (Lipinski definition) is 2. The van der Waals surface area contributed by atoms with Crippen molar-refractivity contribution in [1.82, 2.24) is 4.72 Å². The SMILES string of the molecule is Cc1ccc(NC(=O)CCNS(=O)(=O)c2ccc(OC(F)(F)F)cc2)c(F)c1. The molecule has 2 aromatic carbocycles. The summed E-state index contributed by atoms with van der Waals surface area (Å²) >= 11 is 0. The lowest BCUT2D eigenvalue weighted by atomic mass is 10.2. The molecule has 28 heavy (non-hydrogen) atoms. The van der Waals surface area contributed by atoms with E-state index >= 15 is 0 Å². The number of alkyl halides is 3. The third-order valence-corrected chi connectivity index (χ3v) is 4.89. The Kier molecular flexibility index (Phi) is 6.62. The molecule has 0 aliphatic rings. The zero-order valence-corrected chi connectivity index (χ0v) is 15.3. The number of hydrogen-bond acceptors (Lipinski definition) is 4. The van der Waals surface area contributed by atoms with E-state index < -0.39 is 33.9 Å². The number of aryl methyl sites for hydroxylation is 1. The molecule has 0 saturated carbocycles. The van der Waals surface area contributed by atoms with Gasteiger partial charge < -0.3 is 10.1 Å². The standard InChI is InChI=1S/C17H16F4N2O4S/c1-11-2-7-15(14(18)10-11)23-16(24)8-9-22-28(25,26)13-5-3-12(4-6-13)27-17(19,20)21/h2-7,10,22H,8-9H2,1H3,(H,23,24).